The van der Waals surface area contributed by atoms with Gasteiger partial charge >= 0.3 is 0 Å². The van der Waals surface area contributed by atoms with Crippen LogP contribution in [0.1, 0.15) is 63.9 Å². The third-order valence-corrected chi connectivity index (χ3v) is 5.35. The van der Waals surface area contributed by atoms with Gasteiger partial charge in [-0.3, -0.25) is 0 Å². The zero-order valence-corrected chi connectivity index (χ0v) is 15.1. The summed E-state index contributed by atoms with van der Waals surface area (Å²) in [4.78, 5) is 1.45. The Bertz CT molecular complexity index is 457. The highest BCUT2D eigenvalue weighted by atomic mass is 16.5. The van der Waals surface area contributed by atoms with Gasteiger partial charge in [0.25, 0.3) is 0 Å². The molecule has 1 aliphatic carbocycles. The van der Waals surface area contributed by atoms with Crippen LogP contribution in [0.5, 0.6) is 5.75 Å². The first kappa shape index (κ1) is 18.3. The molecule has 0 heterocycles. The number of nitrogens with one attached hydrogen (secondary N) is 1. The Kier molecular flexibility index (Phi) is 7.38. The van der Waals surface area contributed by atoms with Gasteiger partial charge in [0.1, 0.15) is 25.0 Å². The maximum Gasteiger partial charge on any atom is 0.137 e. The fraction of sp³-hybridized carbons (Fsp3) is 0.700. The number of aliphatic hydroxyl groups excluding tert-OH is 1. The summed E-state index contributed by atoms with van der Waals surface area (Å²) in [5, 5.41) is 10.4. The second-order valence-electron chi connectivity index (χ2n) is 7.20. The predicted molar refractivity (Wildman–Crippen MR) is 95.3 cm³/mol. The fourth-order valence-electron chi connectivity index (χ4n) is 3.62. The zero-order valence-electron chi connectivity index (χ0n) is 15.1. The van der Waals surface area contributed by atoms with E-state index < -0.39 is 6.10 Å². The summed E-state index contributed by atoms with van der Waals surface area (Å²) in [6.45, 7) is 5.58. The molecule has 0 aromatic heterocycles. The molecule has 0 radical (unpaired) electrons. The molecule has 3 atom stereocenters. The molecule has 1 aliphatic rings. The highest BCUT2D eigenvalue weighted by Gasteiger charge is 2.23. The van der Waals surface area contributed by atoms with Crippen LogP contribution in [0.4, 0.5) is 0 Å². The number of hydrogen-bond donors (Lipinski definition) is 2. The van der Waals surface area contributed by atoms with Gasteiger partial charge in [-0.2, -0.15) is 0 Å². The Morgan fingerprint density at radius 2 is 1.91 bits per heavy atom. The van der Waals surface area contributed by atoms with Crippen LogP contribution in [0.2, 0.25) is 0 Å². The van der Waals surface area contributed by atoms with Crippen LogP contribution in [0.15, 0.2) is 24.3 Å². The summed E-state index contributed by atoms with van der Waals surface area (Å²) in [5.74, 6) is 1.41. The molecule has 1 aromatic rings. The summed E-state index contributed by atoms with van der Waals surface area (Å²) in [6, 6.07) is 8.94. The summed E-state index contributed by atoms with van der Waals surface area (Å²) in [5.41, 5.74) is 1.25. The molecule has 0 amide bonds. The molecule has 23 heavy (non-hydrogen) atoms. The van der Waals surface area contributed by atoms with E-state index in [1.165, 1.54) is 42.6 Å². The van der Waals surface area contributed by atoms with Crippen molar-refractivity contribution in [2.24, 2.45) is 0 Å². The molecule has 3 heteroatoms. The third-order valence-electron chi connectivity index (χ3n) is 5.35. The Balaban J connectivity index is 1.83. The fourth-order valence-corrected chi connectivity index (χ4v) is 3.62. The number of likely N-dealkylation sites (N-methyl/N-ethyl adjacent to an activating group) is 1. The van der Waals surface area contributed by atoms with Crippen molar-refractivity contribution in [3.63, 3.8) is 0 Å². The summed E-state index contributed by atoms with van der Waals surface area (Å²) in [7, 11) is 2.21. The number of rotatable bonds is 8. The Morgan fingerprint density at radius 1 is 1.22 bits per heavy atom. The number of hydrogen-bond acceptors (Lipinski definition) is 2. The lowest BCUT2D eigenvalue weighted by molar-refractivity contribution is -0.910. The molecule has 1 saturated carbocycles. The normalized spacial score (nSPS) is 20.0. The second kappa shape index (κ2) is 9.29. The highest BCUT2D eigenvalue weighted by molar-refractivity contribution is 5.35. The molecular weight excluding hydrogens is 286 g/mol. The van der Waals surface area contributed by atoms with Crippen LogP contribution in [0.3, 0.4) is 0 Å². The average Bonchev–Trinajstić information content (AvgIpc) is 2.60. The van der Waals surface area contributed by atoms with Crippen LogP contribution >= 0.6 is 0 Å². The minimum Gasteiger partial charge on any atom is -0.490 e. The van der Waals surface area contributed by atoms with Gasteiger partial charge in [0.15, 0.2) is 0 Å². The second-order valence-corrected chi connectivity index (χ2v) is 7.20. The topological polar surface area (TPSA) is 33.9 Å². The highest BCUT2D eigenvalue weighted by Crippen LogP contribution is 2.28. The van der Waals surface area contributed by atoms with Crippen molar-refractivity contribution in [3.8, 4) is 5.75 Å². The number of benzene rings is 1. The first-order valence-electron chi connectivity index (χ1n) is 9.33. The lowest BCUT2D eigenvalue weighted by Crippen LogP contribution is -3.14. The molecule has 0 saturated heterocycles. The van der Waals surface area contributed by atoms with Gasteiger partial charge in [0, 0.05) is 0 Å². The lowest BCUT2D eigenvalue weighted by atomic mass is 9.94. The molecule has 0 spiro atoms. The molecule has 2 N–H and O–H groups in total. The Labute approximate surface area is 141 Å². The van der Waals surface area contributed by atoms with E-state index in [0.29, 0.717) is 18.6 Å². The van der Waals surface area contributed by atoms with Gasteiger partial charge in [-0.05, 0) is 49.7 Å². The smallest absolute Gasteiger partial charge is 0.137 e. The standard InChI is InChI=1S/C20H33NO2/c1-4-16(2)19-12-8-9-13-20(19)23-15-18(22)14-21(3)17-10-6-5-7-11-17/h8-9,12-13,16-18,22H,4-7,10-11,14-15H2,1-3H3/p+1/t16-,18-/m1/s1. The maximum atomic E-state index is 10.4. The van der Waals surface area contributed by atoms with E-state index in [0.717, 1.165) is 18.7 Å². The Hall–Kier alpha value is -1.06. The van der Waals surface area contributed by atoms with Crippen molar-refractivity contribution in [3.05, 3.63) is 29.8 Å². The van der Waals surface area contributed by atoms with Gasteiger partial charge in [-0.1, -0.05) is 38.5 Å². The number of aliphatic hydroxyl groups is 1. The van der Waals surface area contributed by atoms with Crippen LogP contribution in [0, 0.1) is 0 Å². The van der Waals surface area contributed by atoms with Crippen LogP contribution in [0.25, 0.3) is 0 Å². The van der Waals surface area contributed by atoms with Crippen molar-refractivity contribution in [1.82, 2.24) is 0 Å². The van der Waals surface area contributed by atoms with Gasteiger partial charge in [0.2, 0.25) is 0 Å². The van der Waals surface area contributed by atoms with Crippen molar-refractivity contribution in [1.29, 1.82) is 0 Å². The van der Waals surface area contributed by atoms with Gasteiger partial charge in [-0.25, -0.2) is 0 Å². The quantitative estimate of drug-likeness (QED) is 0.772. The van der Waals surface area contributed by atoms with E-state index in [-0.39, 0.29) is 0 Å². The van der Waals surface area contributed by atoms with Crippen molar-refractivity contribution in [2.75, 3.05) is 20.2 Å². The monoisotopic (exact) mass is 320 g/mol. The lowest BCUT2D eigenvalue weighted by Gasteiger charge is -2.29. The first-order valence-corrected chi connectivity index (χ1v) is 9.33. The van der Waals surface area contributed by atoms with E-state index >= 15 is 0 Å². The van der Waals surface area contributed by atoms with Crippen LogP contribution < -0.4 is 9.64 Å². The van der Waals surface area contributed by atoms with Crippen molar-refractivity contribution >= 4 is 0 Å². The maximum absolute atomic E-state index is 10.4. The number of ether oxygens (including phenoxy) is 1. The van der Waals surface area contributed by atoms with E-state index in [4.69, 9.17) is 4.74 Å². The molecule has 130 valence electrons. The van der Waals surface area contributed by atoms with Crippen LogP contribution in [-0.4, -0.2) is 37.5 Å². The molecule has 3 nitrogen and oxygen atoms in total. The SMILES string of the molecule is CC[C@@H](C)c1ccccc1OC[C@H](O)C[NH+](C)C1CCCCC1. The van der Waals surface area contributed by atoms with E-state index in [9.17, 15) is 5.11 Å². The van der Waals surface area contributed by atoms with E-state index in [1.807, 2.05) is 12.1 Å². The third kappa shape index (κ3) is 5.50. The van der Waals surface area contributed by atoms with E-state index in [2.05, 4.69) is 33.0 Å². The largest absolute Gasteiger partial charge is 0.490 e. The average molecular weight is 320 g/mol. The minimum absolute atomic E-state index is 0.386. The van der Waals surface area contributed by atoms with Crippen molar-refractivity contribution in [2.45, 2.75) is 70.4 Å². The molecule has 2 rings (SSSR count). The van der Waals surface area contributed by atoms with Gasteiger partial charge in [-0.15, -0.1) is 0 Å². The van der Waals surface area contributed by atoms with Crippen LogP contribution in [-0.2, 0) is 0 Å². The Morgan fingerprint density at radius 3 is 2.61 bits per heavy atom. The first-order chi connectivity index (χ1) is 11.1. The predicted octanol–water partition coefficient (Wildman–Crippen LogP) is 2.79. The molecular formula is C20H34NO2+. The van der Waals surface area contributed by atoms with Gasteiger partial charge < -0.3 is 14.7 Å². The summed E-state index contributed by atoms with van der Waals surface area (Å²) in [6.07, 6.45) is 7.36. The van der Waals surface area contributed by atoms with E-state index in [1.54, 1.807) is 0 Å². The minimum atomic E-state index is -0.401. The zero-order chi connectivity index (χ0) is 16.7. The molecule has 1 aromatic carbocycles. The number of para-hydroxylation sites is 1. The summed E-state index contributed by atoms with van der Waals surface area (Å²) >= 11 is 0. The summed E-state index contributed by atoms with van der Waals surface area (Å²) < 4.78 is 5.95. The molecule has 0 aliphatic heterocycles. The molecule has 0 bridgehead atoms. The van der Waals surface area contributed by atoms with Gasteiger partial charge in [0.05, 0.1) is 13.1 Å². The van der Waals surface area contributed by atoms with Crippen molar-refractivity contribution < 1.29 is 14.7 Å². The molecule has 1 unspecified atom stereocenters. The molecule has 1 fully saturated rings. The number of quaternary nitrogens is 1.